The lowest BCUT2D eigenvalue weighted by Gasteiger charge is -2.33. The molecule has 0 bridgehead atoms. The summed E-state index contributed by atoms with van der Waals surface area (Å²) in [6, 6.07) is 7.91. The number of amides is 1. The number of halogens is 2. The number of hydrogen-bond donors (Lipinski definition) is 0. The first-order valence-electron chi connectivity index (χ1n) is 8.85. The Labute approximate surface area is 171 Å². The molecule has 0 radical (unpaired) electrons. The molecule has 2 aromatic rings. The molecule has 11 heteroatoms. The molecule has 1 heterocycles. The third-order valence-corrected chi connectivity index (χ3v) is 6.52. The fraction of sp³-hybridized carbons (Fsp3) is 0.211. The van der Waals surface area contributed by atoms with Gasteiger partial charge in [0.25, 0.3) is 5.69 Å². The molecule has 0 spiro atoms. The maximum Gasteiger partial charge on any atom is 0.269 e. The number of carbonyl (C=O) groups excluding carboxylic acids is 1. The Kier molecular flexibility index (Phi) is 6.22. The van der Waals surface area contributed by atoms with Gasteiger partial charge in [0.1, 0.15) is 16.5 Å². The molecule has 1 aliphatic heterocycles. The SMILES string of the molecule is O=C(/C=C/c1ccc([N+](=O)[O-])cc1)N1CCN(S(=O)(=O)c2ccc(F)cc2F)CC1. The van der Waals surface area contributed by atoms with Crippen LogP contribution in [0.15, 0.2) is 53.4 Å². The van der Waals surface area contributed by atoms with Gasteiger partial charge in [-0.25, -0.2) is 17.2 Å². The van der Waals surface area contributed by atoms with Crippen LogP contribution in [-0.4, -0.2) is 54.6 Å². The van der Waals surface area contributed by atoms with Crippen LogP contribution in [0.5, 0.6) is 0 Å². The van der Waals surface area contributed by atoms with Gasteiger partial charge in [0.05, 0.1) is 4.92 Å². The average molecular weight is 437 g/mol. The van der Waals surface area contributed by atoms with E-state index >= 15 is 0 Å². The van der Waals surface area contributed by atoms with Crippen molar-refractivity contribution < 1.29 is 26.9 Å². The highest BCUT2D eigenvalue weighted by molar-refractivity contribution is 7.89. The van der Waals surface area contributed by atoms with Gasteiger partial charge in [-0.2, -0.15) is 4.31 Å². The third-order valence-electron chi connectivity index (χ3n) is 4.58. The third kappa shape index (κ3) is 4.69. The lowest BCUT2D eigenvalue weighted by Crippen LogP contribution is -2.50. The van der Waals surface area contributed by atoms with Gasteiger partial charge in [0.2, 0.25) is 15.9 Å². The molecule has 1 saturated heterocycles. The minimum atomic E-state index is -4.14. The van der Waals surface area contributed by atoms with E-state index in [2.05, 4.69) is 0 Å². The summed E-state index contributed by atoms with van der Waals surface area (Å²) in [4.78, 5) is 23.3. The highest BCUT2D eigenvalue weighted by Crippen LogP contribution is 2.21. The lowest BCUT2D eigenvalue weighted by atomic mass is 10.2. The molecule has 158 valence electrons. The van der Waals surface area contributed by atoms with Crippen LogP contribution in [0.4, 0.5) is 14.5 Å². The first-order valence-corrected chi connectivity index (χ1v) is 10.3. The van der Waals surface area contributed by atoms with Crippen LogP contribution in [0.3, 0.4) is 0 Å². The van der Waals surface area contributed by atoms with Gasteiger partial charge in [0, 0.05) is 50.5 Å². The summed E-state index contributed by atoms with van der Waals surface area (Å²) in [5, 5.41) is 10.6. The normalized spacial score (nSPS) is 15.5. The van der Waals surface area contributed by atoms with E-state index in [1.165, 1.54) is 41.3 Å². The van der Waals surface area contributed by atoms with Crippen molar-refractivity contribution in [2.45, 2.75) is 4.90 Å². The van der Waals surface area contributed by atoms with Gasteiger partial charge in [-0.3, -0.25) is 14.9 Å². The van der Waals surface area contributed by atoms with E-state index in [1.54, 1.807) is 0 Å². The fourth-order valence-electron chi connectivity index (χ4n) is 2.95. The number of nitro groups is 1. The van der Waals surface area contributed by atoms with Gasteiger partial charge in [-0.05, 0) is 35.9 Å². The fourth-order valence-corrected chi connectivity index (χ4v) is 4.42. The number of nitrogens with zero attached hydrogens (tertiary/aromatic N) is 3. The van der Waals surface area contributed by atoms with Crippen molar-refractivity contribution in [3.05, 3.63) is 75.9 Å². The largest absolute Gasteiger partial charge is 0.337 e. The number of hydrogen-bond acceptors (Lipinski definition) is 5. The van der Waals surface area contributed by atoms with Crippen molar-refractivity contribution in [3.8, 4) is 0 Å². The van der Waals surface area contributed by atoms with Gasteiger partial charge in [-0.1, -0.05) is 0 Å². The summed E-state index contributed by atoms with van der Waals surface area (Å²) in [5.41, 5.74) is 0.537. The maximum absolute atomic E-state index is 13.9. The van der Waals surface area contributed by atoms with Crippen molar-refractivity contribution in [2.24, 2.45) is 0 Å². The van der Waals surface area contributed by atoms with E-state index in [-0.39, 0.29) is 37.8 Å². The van der Waals surface area contributed by atoms with Gasteiger partial charge in [0.15, 0.2) is 0 Å². The molecular formula is C19H17F2N3O5S. The summed E-state index contributed by atoms with van der Waals surface area (Å²) in [7, 11) is -4.14. The Morgan fingerprint density at radius 1 is 1.03 bits per heavy atom. The van der Waals surface area contributed by atoms with Crippen LogP contribution < -0.4 is 0 Å². The predicted molar refractivity (Wildman–Crippen MR) is 104 cm³/mol. The van der Waals surface area contributed by atoms with Crippen LogP contribution in [0.25, 0.3) is 6.08 Å². The molecule has 2 aromatic carbocycles. The Hall–Kier alpha value is -3.18. The summed E-state index contributed by atoms with van der Waals surface area (Å²) in [6.45, 7) is 0.142. The standard InChI is InChI=1S/C19H17F2N3O5S/c20-15-4-7-18(17(21)13-15)30(28,29)23-11-9-22(10-12-23)19(25)8-3-14-1-5-16(6-2-14)24(26)27/h1-8,13H,9-12H2/b8-3+. The monoisotopic (exact) mass is 437 g/mol. The van der Waals surface area contributed by atoms with Gasteiger partial charge >= 0.3 is 0 Å². The van der Waals surface area contributed by atoms with Gasteiger partial charge < -0.3 is 4.90 Å². The molecule has 30 heavy (non-hydrogen) atoms. The van der Waals surface area contributed by atoms with E-state index in [4.69, 9.17) is 0 Å². The summed E-state index contributed by atoms with van der Waals surface area (Å²) in [6.07, 6.45) is 2.80. The van der Waals surface area contributed by atoms with Crippen LogP contribution in [0, 0.1) is 21.7 Å². The number of carbonyl (C=O) groups is 1. The number of rotatable bonds is 5. The van der Waals surface area contributed by atoms with Gasteiger partial charge in [-0.15, -0.1) is 0 Å². The van der Waals surface area contributed by atoms with E-state index in [1.807, 2.05) is 0 Å². The van der Waals surface area contributed by atoms with Crippen LogP contribution >= 0.6 is 0 Å². The van der Waals surface area contributed by atoms with E-state index in [0.29, 0.717) is 11.6 Å². The molecular weight excluding hydrogens is 420 g/mol. The molecule has 3 rings (SSSR count). The first-order chi connectivity index (χ1) is 14.2. The molecule has 1 amide bonds. The number of benzene rings is 2. The molecule has 0 aromatic heterocycles. The minimum absolute atomic E-state index is 0.0315. The quantitative estimate of drug-likeness (QED) is 0.406. The maximum atomic E-state index is 13.9. The van der Waals surface area contributed by atoms with E-state index < -0.39 is 31.5 Å². The first kappa shape index (κ1) is 21.5. The molecule has 0 saturated carbocycles. The Morgan fingerprint density at radius 3 is 2.23 bits per heavy atom. The smallest absolute Gasteiger partial charge is 0.269 e. The lowest BCUT2D eigenvalue weighted by molar-refractivity contribution is -0.384. The number of sulfonamides is 1. The molecule has 1 aliphatic rings. The van der Waals surface area contributed by atoms with E-state index in [9.17, 15) is 32.1 Å². The number of piperazine rings is 1. The molecule has 0 unspecified atom stereocenters. The Bertz CT molecular complexity index is 1100. The zero-order valence-electron chi connectivity index (χ0n) is 15.6. The minimum Gasteiger partial charge on any atom is -0.337 e. The zero-order valence-corrected chi connectivity index (χ0v) is 16.4. The summed E-state index contributed by atoms with van der Waals surface area (Å²) in [5.74, 6) is -2.39. The second kappa shape index (κ2) is 8.67. The van der Waals surface area contributed by atoms with Crippen molar-refractivity contribution in [1.29, 1.82) is 0 Å². The van der Waals surface area contributed by atoms with Crippen LogP contribution in [0.2, 0.25) is 0 Å². The summed E-state index contributed by atoms with van der Waals surface area (Å²) >= 11 is 0. The van der Waals surface area contributed by atoms with Crippen molar-refractivity contribution in [1.82, 2.24) is 9.21 Å². The molecule has 0 N–H and O–H groups in total. The highest BCUT2D eigenvalue weighted by atomic mass is 32.2. The highest BCUT2D eigenvalue weighted by Gasteiger charge is 2.31. The zero-order chi connectivity index (χ0) is 21.9. The van der Waals surface area contributed by atoms with Crippen molar-refractivity contribution in [2.75, 3.05) is 26.2 Å². The molecule has 0 atom stereocenters. The number of non-ortho nitro benzene ring substituents is 1. The topological polar surface area (TPSA) is 101 Å². The molecule has 1 fully saturated rings. The Morgan fingerprint density at radius 2 is 1.67 bits per heavy atom. The predicted octanol–water partition coefficient (Wildman–Crippen LogP) is 2.42. The average Bonchev–Trinajstić information content (AvgIpc) is 2.72. The second-order valence-corrected chi connectivity index (χ2v) is 8.39. The number of nitro benzene ring substituents is 1. The Balaban J connectivity index is 1.61. The van der Waals surface area contributed by atoms with Crippen LogP contribution in [-0.2, 0) is 14.8 Å². The molecule has 8 nitrogen and oxygen atoms in total. The van der Waals surface area contributed by atoms with E-state index in [0.717, 1.165) is 16.4 Å². The second-order valence-electron chi connectivity index (χ2n) is 6.49. The van der Waals surface area contributed by atoms with Crippen LogP contribution in [0.1, 0.15) is 5.56 Å². The van der Waals surface area contributed by atoms with Crippen molar-refractivity contribution >= 4 is 27.7 Å². The molecule has 0 aliphatic carbocycles. The van der Waals surface area contributed by atoms with Crippen molar-refractivity contribution in [3.63, 3.8) is 0 Å². The summed E-state index contributed by atoms with van der Waals surface area (Å²) < 4.78 is 53.1.